The smallest absolute Gasteiger partial charge is 0.383 e. The molecule has 0 fully saturated rings. The molecule has 0 bridgehead atoms. The molecule has 3 nitrogen and oxygen atoms in total. The maximum Gasteiger partial charge on any atom is 0.639 e. The molecule has 0 saturated carbocycles. The van der Waals surface area contributed by atoms with Crippen LogP contribution < -0.4 is 0 Å². The van der Waals surface area contributed by atoms with E-state index in [1.165, 1.54) is 57.8 Å². The lowest BCUT2D eigenvalue weighted by Gasteiger charge is -2.25. The molecule has 3 atom stereocenters. The molecular weight excluding hydrogens is 311 g/mol. The molecule has 0 spiro atoms. The number of hydrogen-bond donors (Lipinski definition) is 0. The highest BCUT2D eigenvalue weighted by Gasteiger charge is 2.28. The molecule has 0 aromatic heterocycles. The van der Waals surface area contributed by atoms with Crippen molar-refractivity contribution in [3.05, 3.63) is 0 Å². The van der Waals surface area contributed by atoms with Gasteiger partial charge >= 0.3 is 7.32 Å². The first-order valence-corrected chi connectivity index (χ1v) is 11.0. The molecule has 25 heavy (non-hydrogen) atoms. The Bertz CT molecular complexity index is 233. The van der Waals surface area contributed by atoms with Crippen LogP contribution in [0.15, 0.2) is 0 Å². The van der Waals surface area contributed by atoms with E-state index in [1.54, 1.807) is 0 Å². The average molecular weight is 356 g/mol. The normalized spacial score (nSPS) is 15.1. The Labute approximate surface area is 158 Å². The summed E-state index contributed by atoms with van der Waals surface area (Å²) in [6, 6.07) is 0. The van der Waals surface area contributed by atoms with Crippen molar-refractivity contribution in [1.29, 1.82) is 0 Å². The van der Waals surface area contributed by atoms with Gasteiger partial charge in [0.1, 0.15) is 0 Å². The molecule has 0 saturated heterocycles. The fourth-order valence-corrected chi connectivity index (χ4v) is 2.91. The molecule has 0 aromatic carbocycles. The first-order chi connectivity index (χ1) is 12.0. The third-order valence-electron chi connectivity index (χ3n) is 4.67. The summed E-state index contributed by atoms with van der Waals surface area (Å²) in [5.74, 6) is 0. The van der Waals surface area contributed by atoms with Gasteiger partial charge in [0.05, 0.1) is 0 Å². The van der Waals surface area contributed by atoms with E-state index in [0.29, 0.717) is 0 Å². The fourth-order valence-electron chi connectivity index (χ4n) is 2.91. The topological polar surface area (TPSA) is 27.7 Å². The van der Waals surface area contributed by atoms with E-state index in [2.05, 4.69) is 41.5 Å². The maximum absolute atomic E-state index is 6.11. The summed E-state index contributed by atoms with van der Waals surface area (Å²) in [5.41, 5.74) is 0. The number of hydrogen-bond acceptors (Lipinski definition) is 3. The van der Waals surface area contributed by atoms with Crippen LogP contribution in [0.4, 0.5) is 0 Å². The highest BCUT2D eigenvalue weighted by Crippen LogP contribution is 2.15. The quantitative estimate of drug-likeness (QED) is 0.197. The summed E-state index contributed by atoms with van der Waals surface area (Å²) in [7, 11) is -0.523. The molecular formula is C21H45BO3. The SMILES string of the molecule is CCCCCC(C)OB(OC(C)CCCCC)OC(C)CCCCC. The van der Waals surface area contributed by atoms with Crippen molar-refractivity contribution in [1.82, 2.24) is 0 Å². The Kier molecular flexibility index (Phi) is 17.3. The van der Waals surface area contributed by atoms with Crippen LogP contribution in [0.25, 0.3) is 0 Å². The molecule has 0 aliphatic heterocycles. The summed E-state index contributed by atoms with van der Waals surface area (Å²) in [6.45, 7) is 13.1. The third-order valence-corrected chi connectivity index (χ3v) is 4.67. The van der Waals surface area contributed by atoms with Crippen molar-refractivity contribution >= 4 is 7.32 Å². The second-order valence-corrected chi connectivity index (χ2v) is 7.62. The Hall–Kier alpha value is -0.0551. The van der Waals surface area contributed by atoms with Gasteiger partial charge in [0.2, 0.25) is 0 Å². The maximum atomic E-state index is 6.11. The van der Waals surface area contributed by atoms with E-state index in [9.17, 15) is 0 Å². The van der Waals surface area contributed by atoms with Crippen molar-refractivity contribution in [2.45, 2.75) is 137 Å². The minimum Gasteiger partial charge on any atom is -0.383 e. The van der Waals surface area contributed by atoms with Gasteiger partial charge < -0.3 is 14.0 Å². The molecule has 0 amide bonds. The van der Waals surface area contributed by atoms with Crippen LogP contribution in [-0.2, 0) is 14.0 Å². The van der Waals surface area contributed by atoms with Gasteiger partial charge in [-0.1, -0.05) is 78.6 Å². The van der Waals surface area contributed by atoms with Gasteiger partial charge in [-0.25, -0.2) is 0 Å². The van der Waals surface area contributed by atoms with Crippen LogP contribution in [0.2, 0.25) is 0 Å². The van der Waals surface area contributed by atoms with Crippen LogP contribution >= 0.6 is 0 Å². The predicted octanol–water partition coefficient (Wildman–Crippen LogP) is 6.93. The third kappa shape index (κ3) is 15.9. The van der Waals surface area contributed by atoms with Crippen LogP contribution in [0, 0.1) is 0 Å². The number of unbranched alkanes of at least 4 members (excludes halogenated alkanes) is 6. The van der Waals surface area contributed by atoms with Crippen molar-refractivity contribution in [2.24, 2.45) is 0 Å². The van der Waals surface area contributed by atoms with E-state index < -0.39 is 7.32 Å². The monoisotopic (exact) mass is 356 g/mol. The zero-order chi connectivity index (χ0) is 18.9. The highest BCUT2D eigenvalue weighted by molar-refractivity contribution is 6.36. The van der Waals surface area contributed by atoms with Crippen LogP contribution in [0.1, 0.15) is 119 Å². The second kappa shape index (κ2) is 17.4. The summed E-state index contributed by atoms with van der Waals surface area (Å²) in [4.78, 5) is 0. The Morgan fingerprint density at radius 1 is 0.520 bits per heavy atom. The fraction of sp³-hybridized carbons (Fsp3) is 1.00. The lowest BCUT2D eigenvalue weighted by molar-refractivity contribution is 0.0134. The van der Waals surface area contributed by atoms with Crippen LogP contribution in [0.3, 0.4) is 0 Å². The molecule has 150 valence electrons. The number of rotatable bonds is 18. The van der Waals surface area contributed by atoms with E-state index in [-0.39, 0.29) is 18.3 Å². The van der Waals surface area contributed by atoms with Gasteiger partial charge in [-0.05, 0) is 40.0 Å². The highest BCUT2D eigenvalue weighted by atomic mass is 16.7. The van der Waals surface area contributed by atoms with Gasteiger partial charge in [-0.15, -0.1) is 0 Å². The molecule has 0 aromatic rings. The lowest BCUT2D eigenvalue weighted by Crippen LogP contribution is -2.37. The van der Waals surface area contributed by atoms with Gasteiger partial charge in [0.15, 0.2) is 0 Å². The van der Waals surface area contributed by atoms with Crippen molar-refractivity contribution < 1.29 is 14.0 Å². The Morgan fingerprint density at radius 3 is 1.04 bits per heavy atom. The van der Waals surface area contributed by atoms with Crippen molar-refractivity contribution in [3.63, 3.8) is 0 Å². The van der Waals surface area contributed by atoms with Gasteiger partial charge in [0.25, 0.3) is 0 Å². The summed E-state index contributed by atoms with van der Waals surface area (Å²) in [6.07, 6.45) is 14.9. The minimum atomic E-state index is -0.523. The van der Waals surface area contributed by atoms with Crippen LogP contribution in [0.5, 0.6) is 0 Å². The first-order valence-electron chi connectivity index (χ1n) is 11.0. The van der Waals surface area contributed by atoms with E-state index in [0.717, 1.165) is 19.3 Å². The van der Waals surface area contributed by atoms with Crippen molar-refractivity contribution in [2.75, 3.05) is 0 Å². The molecule has 0 aliphatic carbocycles. The average Bonchev–Trinajstić information content (AvgIpc) is 2.55. The van der Waals surface area contributed by atoms with Crippen LogP contribution in [-0.4, -0.2) is 25.6 Å². The van der Waals surface area contributed by atoms with E-state index >= 15 is 0 Å². The second-order valence-electron chi connectivity index (χ2n) is 7.62. The van der Waals surface area contributed by atoms with E-state index in [1.807, 2.05) is 0 Å². The lowest BCUT2D eigenvalue weighted by atomic mass is 10.1. The predicted molar refractivity (Wildman–Crippen MR) is 110 cm³/mol. The minimum absolute atomic E-state index is 0.183. The van der Waals surface area contributed by atoms with E-state index in [4.69, 9.17) is 14.0 Å². The van der Waals surface area contributed by atoms with Gasteiger partial charge in [-0.3, -0.25) is 0 Å². The summed E-state index contributed by atoms with van der Waals surface area (Å²) >= 11 is 0. The molecule has 0 radical (unpaired) electrons. The van der Waals surface area contributed by atoms with Crippen molar-refractivity contribution in [3.8, 4) is 0 Å². The largest absolute Gasteiger partial charge is 0.639 e. The molecule has 0 heterocycles. The molecule has 0 rings (SSSR count). The Balaban J connectivity index is 4.37. The molecule has 3 unspecified atom stereocenters. The summed E-state index contributed by atoms with van der Waals surface area (Å²) < 4.78 is 18.3. The van der Waals surface area contributed by atoms with Gasteiger partial charge in [-0.2, -0.15) is 0 Å². The first kappa shape index (κ1) is 24.9. The molecule has 4 heteroatoms. The molecule has 0 N–H and O–H groups in total. The van der Waals surface area contributed by atoms with Gasteiger partial charge in [0, 0.05) is 18.3 Å². The summed E-state index contributed by atoms with van der Waals surface area (Å²) in [5, 5.41) is 0. The zero-order valence-corrected chi connectivity index (χ0v) is 18.0. The zero-order valence-electron chi connectivity index (χ0n) is 18.0. The molecule has 0 aliphatic rings. The Morgan fingerprint density at radius 2 is 0.800 bits per heavy atom. The standard InChI is InChI=1S/C21H45BO3/c1-7-10-13-16-19(4)23-22(24-20(5)17-14-11-8-2)25-21(6)18-15-12-9-3/h19-21H,7-18H2,1-6H3.